The zero-order valence-electron chi connectivity index (χ0n) is 13.2. The highest BCUT2D eigenvalue weighted by atomic mass is 16.5. The number of ether oxygens (including phenoxy) is 1. The number of hydrogen-bond donors (Lipinski definition) is 2. The summed E-state index contributed by atoms with van der Waals surface area (Å²) in [6.45, 7) is 2.25. The number of esters is 1. The van der Waals surface area contributed by atoms with Gasteiger partial charge in [-0.1, -0.05) is 0 Å². The van der Waals surface area contributed by atoms with Crippen molar-refractivity contribution in [2.45, 2.75) is 13.3 Å². The summed E-state index contributed by atoms with van der Waals surface area (Å²) in [5, 5.41) is 15.6. The fourth-order valence-electron chi connectivity index (χ4n) is 2.02. The van der Waals surface area contributed by atoms with E-state index in [2.05, 4.69) is 10.4 Å². The van der Waals surface area contributed by atoms with E-state index in [-0.39, 0.29) is 36.2 Å². The first-order valence-corrected chi connectivity index (χ1v) is 7.34. The minimum atomic E-state index is -0.351. The zero-order valence-corrected chi connectivity index (χ0v) is 13.2. The summed E-state index contributed by atoms with van der Waals surface area (Å²) in [6.07, 6.45) is 1.50. The van der Waals surface area contributed by atoms with Crippen LogP contribution in [0.1, 0.15) is 29.3 Å². The van der Waals surface area contributed by atoms with Crippen molar-refractivity contribution >= 4 is 17.7 Å². The van der Waals surface area contributed by atoms with Crippen LogP contribution in [0.3, 0.4) is 0 Å². The molecule has 3 N–H and O–H groups in total. The van der Waals surface area contributed by atoms with E-state index in [0.717, 1.165) is 0 Å². The molecule has 124 valence electrons. The number of nitrogens with two attached hydrogens (primary N) is 1. The van der Waals surface area contributed by atoms with Gasteiger partial charge in [-0.3, -0.25) is 9.59 Å². The minimum Gasteiger partial charge on any atom is -0.466 e. The van der Waals surface area contributed by atoms with Gasteiger partial charge in [0.15, 0.2) is 0 Å². The lowest BCUT2D eigenvalue weighted by atomic mass is 10.2. The van der Waals surface area contributed by atoms with Crippen LogP contribution < -0.4 is 11.1 Å². The zero-order chi connectivity index (χ0) is 17.5. The number of nitriles is 1. The van der Waals surface area contributed by atoms with Crippen LogP contribution in [0, 0.1) is 11.3 Å². The number of carbonyl (C=O) groups is 2. The van der Waals surface area contributed by atoms with Gasteiger partial charge in [0.1, 0.15) is 17.5 Å². The van der Waals surface area contributed by atoms with Crippen LogP contribution in [-0.4, -0.2) is 34.8 Å². The molecule has 0 bridgehead atoms. The van der Waals surface area contributed by atoms with Gasteiger partial charge in [0.2, 0.25) is 0 Å². The lowest BCUT2D eigenvalue weighted by molar-refractivity contribution is -0.142. The number of nitrogen functional groups attached to an aromatic ring is 1. The van der Waals surface area contributed by atoms with Crippen molar-refractivity contribution in [3.05, 3.63) is 41.6 Å². The highest BCUT2D eigenvalue weighted by Crippen LogP contribution is 2.16. The Morgan fingerprint density at radius 1 is 1.38 bits per heavy atom. The molecule has 1 heterocycles. The Hall–Kier alpha value is -3.34. The number of nitrogens with one attached hydrogen (secondary N) is 1. The number of amides is 1. The summed E-state index contributed by atoms with van der Waals surface area (Å²) in [6, 6.07) is 8.52. The topological polar surface area (TPSA) is 123 Å². The first-order chi connectivity index (χ1) is 11.6. The summed E-state index contributed by atoms with van der Waals surface area (Å²) >= 11 is 0. The second-order valence-corrected chi connectivity index (χ2v) is 4.82. The Morgan fingerprint density at radius 2 is 2.08 bits per heavy atom. The molecule has 1 aromatic carbocycles. The maximum absolute atomic E-state index is 12.0. The van der Waals surface area contributed by atoms with Gasteiger partial charge in [0, 0.05) is 12.1 Å². The molecule has 8 nitrogen and oxygen atoms in total. The van der Waals surface area contributed by atoms with E-state index < -0.39 is 0 Å². The van der Waals surface area contributed by atoms with Crippen molar-refractivity contribution in [3.63, 3.8) is 0 Å². The Kier molecular flexibility index (Phi) is 5.52. The maximum atomic E-state index is 12.0. The van der Waals surface area contributed by atoms with Crippen LogP contribution in [0.4, 0.5) is 5.82 Å². The number of anilines is 1. The highest BCUT2D eigenvalue weighted by molar-refractivity contribution is 5.94. The summed E-state index contributed by atoms with van der Waals surface area (Å²) < 4.78 is 6.20. The number of rotatable bonds is 6. The molecule has 0 atom stereocenters. The van der Waals surface area contributed by atoms with E-state index in [0.29, 0.717) is 17.9 Å². The van der Waals surface area contributed by atoms with Crippen molar-refractivity contribution in [3.8, 4) is 11.8 Å². The van der Waals surface area contributed by atoms with E-state index in [1.54, 1.807) is 31.2 Å². The molecule has 24 heavy (non-hydrogen) atoms. The molecule has 2 aromatic rings. The first-order valence-electron chi connectivity index (χ1n) is 7.34. The summed E-state index contributed by atoms with van der Waals surface area (Å²) in [5.74, 6) is -0.406. The van der Waals surface area contributed by atoms with Crippen LogP contribution in [0.25, 0.3) is 5.69 Å². The fourth-order valence-corrected chi connectivity index (χ4v) is 2.02. The van der Waals surface area contributed by atoms with Crippen LogP contribution >= 0.6 is 0 Å². The number of nitrogens with zero attached hydrogens (tertiary/aromatic N) is 3. The molecule has 0 aliphatic rings. The third kappa shape index (κ3) is 3.89. The van der Waals surface area contributed by atoms with Crippen LogP contribution in [-0.2, 0) is 9.53 Å². The van der Waals surface area contributed by atoms with Crippen molar-refractivity contribution in [1.29, 1.82) is 5.26 Å². The molecule has 1 amide bonds. The average molecular weight is 327 g/mol. The Bertz CT molecular complexity index is 774. The fraction of sp³-hybridized carbons (Fsp3) is 0.250. The summed E-state index contributed by atoms with van der Waals surface area (Å²) in [5.41, 5.74) is 7.18. The van der Waals surface area contributed by atoms with E-state index in [9.17, 15) is 9.59 Å². The third-order valence-electron chi connectivity index (χ3n) is 3.22. The molecular weight excluding hydrogens is 310 g/mol. The van der Waals surface area contributed by atoms with E-state index in [1.165, 1.54) is 10.9 Å². The normalized spacial score (nSPS) is 10.0. The van der Waals surface area contributed by atoms with Gasteiger partial charge >= 0.3 is 5.97 Å². The molecular formula is C16H17N5O3. The first kappa shape index (κ1) is 17.0. The minimum absolute atomic E-state index is 0.123. The molecule has 1 aromatic heterocycles. The van der Waals surface area contributed by atoms with E-state index in [1.807, 2.05) is 6.07 Å². The molecule has 0 saturated carbocycles. The van der Waals surface area contributed by atoms with Gasteiger partial charge in [-0.2, -0.15) is 10.4 Å². The van der Waals surface area contributed by atoms with Gasteiger partial charge in [0.05, 0.1) is 24.9 Å². The monoisotopic (exact) mass is 327 g/mol. The molecule has 0 saturated heterocycles. The molecule has 0 aliphatic heterocycles. The molecule has 0 aliphatic carbocycles. The van der Waals surface area contributed by atoms with Crippen molar-refractivity contribution in [2.75, 3.05) is 18.9 Å². The lowest BCUT2D eigenvalue weighted by Gasteiger charge is -2.07. The van der Waals surface area contributed by atoms with Gasteiger partial charge in [-0.25, -0.2) is 4.68 Å². The standard InChI is InChI=1S/C16H17N5O3/c1-2-24-14(22)7-8-19-16(23)11-3-5-13(6-4-11)21-15(18)12(9-17)10-20-21/h3-6,10H,2,7-8,18H2,1H3,(H,19,23). The summed E-state index contributed by atoms with van der Waals surface area (Å²) in [4.78, 5) is 23.2. The van der Waals surface area contributed by atoms with Gasteiger partial charge in [-0.15, -0.1) is 0 Å². The molecule has 0 fully saturated rings. The Balaban J connectivity index is 1.99. The van der Waals surface area contributed by atoms with E-state index >= 15 is 0 Å². The summed E-state index contributed by atoms with van der Waals surface area (Å²) in [7, 11) is 0. The predicted molar refractivity (Wildman–Crippen MR) is 86.3 cm³/mol. The van der Waals surface area contributed by atoms with E-state index in [4.69, 9.17) is 15.7 Å². The molecule has 0 unspecified atom stereocenters. The number of benzene rings is 1. The number of hydrogen-bond acceptors (Lipinski definition) is 6. The largest absolute Gasteiger partial charge is 0.466 e. The second-order valence-electron chi connectivity index (χ2n) is 4.82. The molecule has 8 heteroatoms. The van der Waals surface area contributed by atoms with Crippen LogP contribution in [0.5, 0.6) is 0 Å². The molecule has 0 radical (unpaired) electrons. The third-order valence-corrected chi connectivity index (χ3v) is 3.22. The van der Waals surface area contributed by atoms with Gasteiger partial charge in [0.25, 0.3) is 5.91 Å². The molecule has 0 spiro atoms. The van der Waals surface area contributed by atoms with Crippen molar-refractivity contribution in [1.82, 2.24) is 15.1 Å². The van der Waals surface area contributed by atoms with Crippen LogP contribution in [0.2, 0.25) is 0 Å². The van der Waals surface area contributed by atoms with Gasteiger partial charge < -0.3 is 15.8 Å². The quantitative estimate of drug-likeness (QED) is 0.763. The van der Waals surface area contributed by atoms with Gasteiger partial charge in [-0.05, 0) is 31.2 Å². The highest BCUT2D eigenvalue weighted by Gasteiger charge is 2.10. The smallest absolute Gasteiger partial charge is 0.307 e. The molecule has 2 rings (SSSR count). The Morgan fingerprint density at radius 3 is 2.67 bits per heavy atom. The lowest BCUT2D eigenvalue weighted by Crippen LogP contribution is -2.26. The van der Waals surface area contributed by atoms with Crippen molar-refractivity contribution < 1.29 is 14.3 Å². The Labute approximate surface area is 138 Å². The number of carbonyl (C=O) groups excluding carboxylic acids is 2. The number of aromatic nitrogens is 2. The van der Waals surface area contributed by atoms with Crippen LogP contribution in [0.15, 0.2) is 30.5 Å². The van der Waals surface area contributed by atoms with Crippen molar-refractivity contribution in [2.24, 2.45) is 0 Å². The maximum Gasteiger partial charge on any atom is 0.307 e. The average Bonchev–Trinajstić information content (AvgIpc) is 2.96. The predicted octanol–water partition coefficient (Wildman–Crippen LogP) is 1.01. The second kappa shape index (κ2) is 7.78. The SMILES string of the molecule is CCOC(=O)CCNC(=O)c1ccc(-n2ncc(C#N)c2N)cc1.